The van der Waals surface area contributed by atoms with Crippen molar-refractivity contribution in [3.05, 3.63) is 44.8 Å². The average Bonchev–Trinajstić information content (AvgIpc) is 2.61. The monoisotopic (exact) mass is 390 g/mol. The SMILES string of the molecule is CCOC(=O)C(C)Oc1cc(Cl)c(-c2cc(C)[nH]c(=O)c2C#N)cc1OC. The highest BCUT2D eigenvalue weighted by molar-refractivity contribution is 6.33. The topological polar surface area (TPSA) is 101 Å². The summed E-state index contributed by atoms with van der Waals surface area (Å²) in [5, 5.41) is 9.57. The van der Waals surface area contributed by atoms with Gasteiger partial charge in [0.05, 0.1) is 18.7 Å². The van der Waals surface area contributed by atoms with Crippen LogP contribution in [-0.2, 0) is 9.53 Å². The summed E-state index contributed by atoms with van der Waals surface area (Å²) in [5.41, 5.74) is 0.847. The standard InChI is InChI=1S/C19H19ClN2O5/c1-5-26-19(24)11(3)27-17-8-15(20)13(7-16(17)25-4)12-6-10(2)22-18(23)14(12)9-21/h6-8,11H,5H2,1-4H3,(H,22,23). The van der Waals surface area contributed by atoms with Crippen molar-refractivity contribution in [2.75, 3.05) is 13.7 Å². The van der Waals surface area contributed by atoms with E-state index in [1.165, 1.54) is 13.2 Å². The highest BCUT2D eigenvalue weighted by Gasteiger charge is 2.21. The molecule has 1 aromatic heterocycles. The number of pyridine rings is 1. The van der Waals surface area contributed by atoms with Crippen molar-refractivity contribution >= 4 is 17.6 Å². The number of methoxy groups -OCH3 is 1. The van der Waals surface area contributed by atoms with Gasteiger partial charge < -0.3 is 19.2 Å². The third kappa shape index (κ3) is 4.41. The molecule has 0 aliphatic carbocycles. The maximum absolute atomic E-state index is 12.1. The summed E-state index contributed by atoms with van der Waals surface area (Å²) in [5.74, 6) is 0.0241. The molecule has 0 aliphatic rings. The minimum absolute atomic E-state index is 0.0573. The Hall–Kier alpha value is -2.98. The lowest BCUT2D eigenvalue weighted by molar-refractivity contribution is -0.150. The van der Waals surface area contributed by atoms with E-state index in [1.54, 1.807) is 32.9 Å². The van der Waals surface area contributed by atoms with Crippen LogP contribution >= 0.6 is 11.6 Å². The van der Waals surface area contributed by atoms with E-state index in [-0.39, 0.29) is 22.9 Å². The molecule has 1 heterocycles. The Morgan fingerprint density at radius 3 is 2.59 bits per heavy atom. The second-order valence-electron chi connectivity index (χ2n) is 5.68. The number of H-pyrrole nitrogens is 1. The van der Waals surface area contributed by atoms with E-state index in [2.05, 4.69) is 4.98 Å². The molecule has 27 heavy (non-hydrogen) atoms. The molecule has 0 fully saturated rings. The van der Waals surface area contributed by atoms with Crippen molar-refractivity contribution in [3.63, 3.8) is 0 Å². The van der Waals surface area contributed by atoms with Gasteiger partial charge in [-0.3, -0.25) is 4.79 Å². The van der Waals surface area contributed by atoms with E-state index >= 15 is 0 Å². The second kappa shape index (κ2) is 8.60. The first-order valence-corrected chi connectivity index (χ1v) is 8.55. The lowest BCUT2D eigenvalue weighted by atomic mass is 10.0. The Balaban J connectivity index is 2.53. The zero-order valence-electron chi connectivity index (χ0n) is 15.4. The second-order valence-corrected chi connectivity index (χ2v) is 6.08. The fourth-order valence-electron chi connectivity index (χ4n) is 2.50. The van der Waals surface area contributed by atoms with E-state index in [1.807, 2.05) is 6.07 Å². The number of nitrogens with one attached hydrogen (secondary N) is 1. The van der Waals surface area contributed by atoms with Crippen LogP contribution in [0.1, 0.15) is 25.1 Å². The fraction of sp³-hybridized carbons (Fsp3) is 0.316. The number of nitrogens with zero attached hydrogens (tertiary/aromatic N) is 1. The third-order valence-electron chi connectivity index (χ3n) is 3.75. The van der Waals surface area contributed by atoms with Gasteiger partial charge in [0.1, 0.15) is 11.6 Å². The van der Waals surface area contributed by atoms with Crippen LogP contribution in [0.15, 0.2) is 23.0 Å². The maximum atomic E-state index is 12.1. The molecule has 8 heteroatoms. The number of hydrogen-bond donors (Lipinski definition) is 1. The quantitative estimate of drug-likeness (QED) is 0.760. The molecule has 0 spiro atoms. The van der Waals surface area contributed by atoms with Gasteiger partial charge in [0.15, 0.2) is 17.6 Å². The van der Waals surface area contributed by atoms with Gasteiger partial charge in [0.25, 0.3) is 5.56 Å². The Labute approximate surface area is 161 Å². The largest absolute Gasteiger partial charge is 0.493 e. The zero-order chi connectivity index (χ0) is 20.1. The first-order chi connectivity index (χ1) is 12.8. The Bertz CT molecular complexity index is 962. The number of benzene rings is 1. The predicted octanol–water partition coefficient (Wildman–Crippen LogP) is 3.21. The predicted molar refractivity (Wildman–Crippen MR) is 100 cm³/mol. The molecule has 0 saturated carbocycles. The van der Waals surface area contributed by atoms with Crippen molar-refractivity contribution < 1.29 is 19.0 Å². The summed E-state index contributed by atoms with van der Waals surface area (Å²) < 4.78 is 15.9. The van der Waals surface area contributed by atoms with Crippen molar-refractivity contribution in [3.8, 4) is 28.7 Å². The molecule has 1 aromatic carbocycles. The number of carbonyl (C=O) groups is 1. The lowest BCUT2D eigenvalue weighted by Gasteiger charge is -2.18. The summed E-state index contributed by atoms with van der Waals surface area (Å²) in [6, 6.07) is 6.58. The van der Waals surface area contributed by atoms with Gasteiger partial charge in [-0.1, -0.05) is 11.6 Å². The first kappa shape index (κ1) is 20.3. The fourth-order valence-corrected chi connectivity index (χ4v) is 2.76. The molecule has 2 rings (SSSR count). The van der Waals surface area contributed by atoms with Gasteiger partial charge in [-0.05, 0) is 32.9 Å². The molecule has 0 amide bonds. The highest BCUT2D eigenvalue weighted by atomic mass is 35.5. The van der Waals surface area contributed by atoms with Gasteiger partial charge >= 0.3 is 5.97 Å². The minimum Gasteiger partial charge on any atom is -0.493 e. The molecule has 0 bridgehead atoms. The van der Waals surface area contributed by atoms with Gasteiger partial charge in [-0.2, -0.15) is 5.26 Å². The number of rotatable bonds is 6. The zero-order valence-corrected chi connectivity index (χ0v) is 16.1. The maximum Gasteiger partial charge on any atom is 0.347 e. The van der Waals surface area contributed by atoms with Crippen molar-refractivity contribution in [2.24, 2.45) is 0 Å². The molecule has 0 radical (unpaired) electrons. The molecule has 1 N–H and O–H groups in total. The Morgan fingerprint density at radius 1 is 1.30 bits per heavy atom. The van der Waals surface area contributed by atoms with Crippen LogP contribution in [0.25, 0.3) is 11.1 Å². The number of aromatic nitrogens is 1. The van der Waals surface area contributed by atoms with Crippen LogP contribution in [0.4, 0.5) is 0 Å². The normalized spacial score (nSPS) is 11.4. The summed E-state index contributed by atoms with van der Waals surface area (Å²) in [6.45, 7) is 5.19. The average molecular weight is 391 g/mol. The molecule has 0 saturated heterocycles. The van der Waals surface area contributed by atoms with Gasteiger partial charge in [-0.25, -0.2) is 4.79 Å². The van der Waals surface area contributed by atoms with Gasteiger partial charge in [-0.15, -0.1) is 0 Å². The van der Waals surface area contributed by atoms with Crippen molar-refractivity contribution in [1.82, 2.24) is 4.98 Å². The minimum atomic E-state index is -0.864. The number of aryl methyl sites for hydroxylation is 1. The number of halogens is 1. The summed E-state index contributed by atoms with van der Waals surface area (Å²) >= 11 is 6.38. The van der Waals surface area contributed by atoms with Crippen LogP contribution in [-0.4, -0.2) is 30.8 Å². The molecule has 1 unspecified atom stereocenters. The van der Waals surface area contributed by atoms with Gasteiger partial charge in [0, 0.05) is 22.9 Å². The number of hydrogen-bond acceptors (Lipinski definition) is 6. The molecule has 142 valence electrons. The third-order valence-corrected chi connectivity index (χ3v) is 4.06. The highest BCUT2D eigenvalue weighted by Crippen LogP contribution is 2.39. The van der Waals surface area contributed by atoms with Crippen molar-refractivity contribution in [2.45, 2.75) is 26.9 Å². The molecule has 7 nitrogen and oxygen atoms in total. The summed E-state index contributed by atoms with van der Waals surface area (Å²) in [6.07, 6.45) is -0.864. The molecule has 0 aliphatic heterocycles. The number of carbonyl (C=O) groups excluding carboxylic acids is 1. The van der Waals surface area contributed by atoms with E-state index in [9.17, 15) is 14.9 Å². The lowest BCUT2D eigenvalue weighted by Crippen LogP contribution is -2.26. The van der Waals surface area contributed by atoms with Crippen LogP contribution in [0.2, 0.25) is 5.02 Å². The van der Waals surface area contributed by atoms with Crippen molar-refractivity contribution in [1.29, 1.82) is 5.26 Å². The smallest absolute Gasteiger partial charge is 0.347 e. The van der Waals surface area contributed by atoms with Crippen LogP contribution < -0.4 is 15.0 Å². The Kier molecular flexibility index (Phi) is 6.48. The Morgan fingerprint density at radius 2 is 2.00 bits per heavy atom. The van der Waals surface area contributed by atoms with Crippen LogP contribution in [0.3, 0.4) is 0 Å². The van der Waals surface area contributed by atoms with E-state index in [0.717, 1.165) is 0 Å². The molecular weight excluding hydrogens is 372 g/mol. The van der Waals surface area contributed by atoms with Gasteiger partial charge in [0.2, 0.25) is 0 Å². The van der Waals surface area contributed by atoms with E-state index < -0.39 is 17.6 Å². The molecular formula is C19H19ClN2O5. The number of ether oxygens (including phenoxy) is 3. The number of nitriles is 1. The first-order valence-electron chi connectivity index (χ1n) is 8.17. The number of aromatic amines is 1. The molecule has 1 atom stereocenters. The molecule has 2 aromatic rings. The van der Waals surface area contributed by atoms with E-state index in [0.29, 0.717) is 22.6 Å². The summed E-state index contributed by atoms with van der Waals surface area (Å²) in [7, 11) is 1.43. The number of esters is 1. The van der Waals surface area contributed by atoms with Crippen LogP contribution in [0.5, 0.6) is 11.5 Å². The van der Waals surface area contributed by atoms with E-state index in [4.69, 9.17) is 25.8 Å². The summed E-state index contributed by atoms with van der Waals surface area (Å²) in [4.78, 5) is 26.4. The van der Waals surface area contributed by atoms with Crippen LogP contribution in [0, 0.1) is 18.3 Å².